The number of furan rings is 1. The second-order valence-corrected chi connectivity index (χ2v) is 18.9. The van der Waals surface area contributed by atoms with Crippen molar-refractivity contribution in [1.29, 1.82) is 0 Å². The molecule has 0 spiro atoms. The lowest BCUT2D eigenvalue weighted by Gasteiger charge is -2.47. The van der Waals surface area contributed by atoms with Crippen molar-refractivity contribution in [3.63, 3.8) is 0 Å². The van der Waals surface area contributed by atoms with Crippen molar-refractivity contribution >= 4 is 68.4 Å². The van der Waals surface area contributed by atoms with Crippen LogP contribution in [0.25, 0.3) is 11.0 Å². The van der Waals surface area contributed by atoms with Crippen molar-refractivity contribution in [2.75, 3.05) is 9.80 Å². The zero-order valence-electron chi connectivity index (χ0n) is 33.8. The molecular weight excluding hydrogens is 643 g/mol. The third-order valence-corrected chi connectivity index (χ3v) is 12.8. The van der Waals surface area contributed by atoms with Gasteiger partial charge in [-0.2, -0.15) is 0 Å². The van der Waals surface area contributed by atoms with Gasteiger partial charge in [-0.25, -0.2) is 0 Å². The normalized spacial score (nSPS) is 16.7. The van der Waals surface area contributed by atoms with E-state index in [-0.39, 0.29) is 23.0 Å². The highest BCUT2D eigenvalue weighted by atomic mass is 16.3. The van der Waals surface area contributed by atoms with Gasteiger partial charge in [0.15, 0.2) is 0 Å². The molecule has 0 fully saturated rings. The van der Waals surface area contributed by atoms with E-state index in [1.807, 2.05) is 0 Å². The van der Waals surface area contributed by atoms with Gasteiger partial charge in [0.05, 0.1) is 17.0 Å². The summed E-state index contributed by atoms with van der Waals surface area (Å²) in [5.74, 6) is 0. The molecule has 0 N–H and O–H groups in total. The summed E-state index contributed by atoms with van der Waals surface area (Å²) in [6.45, 7) is 27.8. The lowest BCUT2D eigenvalue weighted by atomic mass is 9.35. The van der Waals surface area contributed by atoms with Crippen molar-refractivity contribution in [3.05, 3.63) is 123 Å². The van der Waals surface area contributed by atoms with Crippen LogP contribution in [-0.2, 0) is 16.2 Å². The van der Waals surface area contributed by atoms with E-state index in [9.17, 15) is 0 Å². The molecule has 2 aliphatic heterocycles. The number of nitrogens with zero attached hydrogens (tertiary/aromatic N) is 2. The number of anilines is 6. The summed E-state index contributed by atoms with van der Waals surface area (Å²) in [6, 6.07) is 30.7. The molecule has 6 aromatic rings. The minimum absolute atomic E-state index is 0.0585. The molecule has 1 aromatic heterocycles. The first-order valence-electron chi connectivity index (χ1n) is 19.6. The highest BCUT2D eigenvalue weighted by Crippen LogP contribution is 2.52. The molecule has 5 aromatic carbocycles. The van der Waals surface area contributed by atoms with Gasteiger partial charge in [0.1, 0.15) is 5.58 Å². The van der Waals surface area contributed by atoms with Gasteiger partial charge in [0.2, 0.25) is 0 Å². The average Bonchev–Trinajstić information content (AvgIpc) is 3.44. The molecule has 3 heterocycles. The molecule has 0 atom stereocenters. The van der Waals surface area contributed by atoms with E-state index in [0.717, 1.165) is 16.9 Å². The fourth-order valence-electron chi connectivity index (χ4n) is 9.94. The van der Waals surface area contributed by atoms with Gasteiger partial charge < -0.3 is 14.2 Å². The minimum atomic E-state index is -0.0585. The molecule has 0 radical (unpaired) electrons. The molecule has 0 amide bonds. The maximum absolute atomic E-state index is 7.19. The van der Waals surface area contributed by atoms with Gasteiger partial charge in [-0.1, -0.05) is 96.0 Å². The number of aryl methyl sites for hydroxylation is 5. The summed E-state index contributed by atoms with van der Waals surface area (Å²) >= 11 is 0. The Morgan fingerprint density at radius 1 is 0.604 bits per heavy atom. The quantitative estimate of drug-likeness (QED) is 0.168. The van der Waals surface area contributed by atoms with Gasteiger partial charge in [-0.15, -0.1) is 0 Å². The topological polar surface area (TPSA) is 19.6 Å². The van der Waals surface area contributed by atoms with Crippen LogP contribution in [0.15, 0.2) is 83.3 Å². The third kappa shape index (κ3) is 5.00. The number of hydrogen-bond acceptors (Lipinski definition) is 3. The summed E-state index contributed by atoms with van der Waals surface area (Å²) in [7, 11) is 0. The number of benzene rings is 5. The van der Waals surface area contributed by atoms with Crippen LogP contribution in [0.4, 0.5) is 34.1 Å². The van der Waals surface area contributed by atoms with E-state index in [1.165, 1.54) is 102 Å². The number of fused-ring (bicyclic) bond motifs is 7. The molecular formula is C49H53BN2O. The molecule has 268 valence electrons. The van der Waals surface area contributed by atoms with Gasteiger partial charge in [-0.05, 0) is 150 Å². The first kappa shape index (κ1) is 34.1. The molecule has 4 heteroatoms. The van der Waals surface area contributed by atoms with Gasteiger partial charge in [0, 0.05) is 28.1 Å². The molecule has 0 unspecified atom stereocenters. The van der Waals surface area contributed by atoms with Crippen LogP contribution in [0.2, 0.25) is 0 Å². The van der Waals surface area contributed by atoms with E-state index in [4.69, 9.17) is 4.42 Å². The van der Waals surface area contributed by atoms with Gasteiger partial charge in [0.25, 0.3) is 6.71 Å². The highest BCUT2D eigenvalue weighted by molar-refractivity contribution is 7.00. The molecule has 0 saturated carbocycles. The third-order valence-electron chi connectivity index (χ3n) is 12.8. The Hall–Kier alpha value is -4.70. The predicted molar refractivity (Wildman–Crippen MR) is 228 cm³/mol. The lowest BCUT2D eigenvalue weighted by molar-refractivity contribution is 0.332. The largest absolute Gasteiger partial charge is 0.468 e. The fraction of sp³-hybridized carbons (Fsp3) is 0.347. The van der Waals surface area contributed by atoms with Crippen LogP contribution in [0.3, 0.4) is 0 Å². The van der Waals surface area contributed by atoms with Crippen LogP contribution < -0.4 is 26.4 Å². The Labute approximate surface area is 317 Å². The smallest absolute Gasteiger partial charge is 0.297 e. The van der Waals surface area contributed by atoms with Crippen LogP contribution in [0.5, 0.6) is 0 Å². The Morgan fingerprint density at radius 2 is 1.19 bits per heavy atom. The summed E-state index contributed by atoms with van der Waals surface area (Å²) in [5, 5.41) is 1.17. The van der Waals surface area contributed by atoms with Crippen molar-refractivity contribution < 1.29 is 4.42 Å². The van der Waals surface area contributed by atoms with Gasteiger partial charge >= 0.3 is 0 Å². The van der Waals surface area contributed by atoms with E-state index >= 15 is 0 Å². The van der Waals surface area contributed by atoms with E-state index in [1.54, 1.807) is 0 Å². The van der Waals surface area contributed by atoms with Crippen molar-refractivity contribution in [2.45, 2.75) is 112 Å². The summed E-state index contributed by atoms with van der Waals surface area (Å²) in [4.78, 5) is 5.14. The lowest BCUT2D eigenvalue weighted by Crippen LogP contribution is -2.61. The maximum Gasteiger partial charge on any atom is 0.297 e. The predicted octanol–water partition coefficient (Wildman–Crippen LogP) is 11.7. The number of rotatable bonds is 2. The van der Waals surface area contributed by atoms with Crippen molar-refractivity contribution in [3.8, 4) is 0 Å². The maximum atomic E-state index is 7.19. The van der Waals surface area contributed by atoms with E-state index in [0.29, 0.717) is 0 Å². The molecule has 53 heavy (non-hydrogen) atoms. The Morgan fingerprint density at radius 3 is 1.81 bits per heavy atom. The standard InChI is InChI=1S/C49H53BN2O/c1-28-13-18-42-35(23-28)45-46(53-42)50-38-26-36-37(49(11,12)20-19-48(36,9)10)27-39(38)52(44-31(4)21-29(2)22-32(44)5)41-25-30(3)24-40(43(41)50)51(45)34-16-14-33(15-17-34)47(6,7)8/h13-18,21-27H,19-20H2,1-12H3. The highest BCUT2D eigenvalue weighted by Gasteiger charge is 2.49. The second-order valence-electron chi connectivity index (χ2n) is 18.9. The van der Waals surface area contributed by atoms with E-state index < -0.39 is 0 Å². The van der Waals surface area contributed by atoms with Crippen LogP contribution in [-0.4, -0.2) is 6.71 Å². The first-order valence-corrected chi connectivity index (χ1v) is 19.6. The summed E-state index contributed by atoms with van der Waals surface area (Å²) < 4.78 is 7.19. The summed E-state index contributed by atoms with van der Waals surface area (Å²) in [6.07, 6.45) is 2.35. The zero-order valence-corrected chi connectivity index (χ0v) is 33.8. The molecule has 3 nitrogen and oxygen atoms in total. The molecule has 3 aliphatic rings. The SMILES string of the molecule is Cc1cc(C)c(N2c3cc4c(cc3B3c5oc6ccc(C)cc6c5N(c5ccc(C(C)(C)C)cc5)c5cc(C)cc2c53)C(C)(C)CCC4(C)C)c(C)c1. The molecule has 0 bridgehead atoms. The summed E-state index contributed by atoms with van der Waals surface area (Å²) in [5.41, 5.74) is 22.9. The van der Waals surface area contributed by atoms with Crippen LogP contribution in [0, 0.1) is 34.6 Å². The monoisotopic (exact) mass is 696 g/mol. The van der Waals surface area contributed by atoms with E-state index in [2.05, 4.69) is 172 Å². The van der Waals surface area contributed by atoms with Crippen LogP contribution in [0.1, 0.15) is 106 Å². The van der Waals surface area contributed by atoms with Crippen molar-refractivity contribution in [1.82, 2.24) is 0 Å². The van der Waals surface area contributed by atoms with Crippen LogP contribution >= 0.6 is 0 Å². The van der Waals surface area contributed by atoms with Crippen molar-refractivity contribution in [2.24, 2.45) is 0 Å². The number of hydrogen-bond donors (Lipinski definition) is 0. The Kier molecular flexibility index (Phi) is 7.18. The zero-order chi connectivity index (χ0) is 37.5. The first-order chi connectivity index (χ1) is 24.9. The van der Waals surface area contributed by atoms with Gasteiger partial charge in [-0.3, -0.25) is 0 Å². The fourth-order valence-corrected chi connectivity index (χ4v) is 9.94. The Balaban J connectivity index is 1.43. The average molecular weight is 697 g/mol. The Bertz CT molecular complexity index is 2480. The molecule has 1 aliphatic carbocycles. The minimum Gasteiger partial charge on any atom is -0.468 e. The molecule has 0 saturated heterocycles. The second kappa shape index (κ2) is 11.2. The molecule has 9 rings (SSSR count).